The van der Waals surface area contributed by atoms with Crippen molar-refractivity contribution in [1.29, 1.82) is 0 Å². The van der Waals surface area contributed by atoms with Crippen LogP contribution in [0, 0.1) is 20.8 Å². The minimum absolute atomic E-state index is 0.174. The van der Waals surface area contributed by atoms with Crippen LogP contribution < -0.4 is 5.32 Å². The Kier molecular flexibility index (Phi) is 7.91. The second-order valence-electron chi connectivity index (χ2n) is 9.10. The van der Waals surface area contributed by atoms with Gasteiger partial charge in [0.15, 0.2) is 10.8 Å². The molecule has 4 rings (SSSR count). The van der Waals surface area contributed by atoms with Crippen molar-refractivity contribution < 1.29 is 13.2 Å². The van der Waals surface area contributed by atoms with Gasteiger partial charge in [0.1, 0.15) is 0 Å². The first-order chi connectivity index (χ1) is 17.6. The van der Waals surface area contributed by atoms with Gasteiger partial charge in [0, 0.05) is 24.2 Å². The lowest BCUT2D eigenvalue weighted by atomic mass is 10.0. The molecule has 0 saturated carbocycles. The molecule has 4 aromatic rings. The van der Waals surface area contributed by atoms with E-state index in [0.29, 0.717) is 30.4 Å². The van der Waals surface area contributed by atoms with Gasteiger partial charge in [-0.05, 0) is 74.7 Å². The van der Waals surface area contributed by atoms with Gasteiger partial charge in [-0.2, -0.15) is 4.31 Å². The number of thioether (sulfide) groups is 1. The van der Waals surface area contributed by atoms with E-state index in [1.165, 1.54) is 33.8 Å². The van der Waals surface area contributed by atoms with E-state index in [9.17, 15) is 13.2 Å². The van der Waals surface area contributed by atoms with Crippen molar-refractivity contribution in [3.63, 3.8) is 0 Å². The number of benzene rings is 2. The number of hydrogen-bond acceptors (Lipinski definition) is 6. The third kappa shape index (κ3) is 5.23. The van der Waals surface area contributed by atoms with Crippen molar-refractivity contribution in [3.05, 3.63) is 59.2 Å². The van der Waals surface area contributed by atoms with Crippen LogP contribution in [0.1, 0.15) is 43.9 Å². The lowest BCUT2D eigenvalue weighted by molar-refractivity contribution is -0.115. The van der Waals surface area contributed by atoms with Crippen LogP contribution in [-0.4, -0.2) is 51.6 Å². The van der Waals surface area contributed by atoms with Crippen LogP contribution in [0.4, 0.5) is 5.69 Å². The molecule has 1 N–H and O–H groups in total. The summed E-state index contributed by atoms with van der Waals surface area (Å²) in [6.07, 6.45) is 0.585. The zero-order valence-corrected chi connectivity index (χ0v) is 23.7. The summed E-state index contributed by atoms with van der Waals surface area (Å²) in [7, 11) is -3.55. The molecule has 0 aliphatic heterocycles. The summed E-state index contributed by atoms with van der Waals surface area (Å²) in [6.45, 7) is 12.6. The SMILES string of the molecule is CCC(Sc1nnc2cc(C)c3cc(C)cc(C)c3n12)C(=O)Nc1ccc(S(=O)(=O)N(CC)CC)cc1. The average Bonchev–Trinajstić information content (AvgIpc) is 3.25. The van der Waals surface area contributed by atoms with Crippen molar-refractivity contribution in [2.24, 2.45) is 0 Å². The molecule has 1 amide bonds. The molecule has 0 radical (unpaired) electrons. The Balaban J connectivity index is 1.59. The summed E-state index contributed by atoms with van der Waals surface area (Å²) in [5, 5.41) is 13.1. The Labute approximate surface area is 222 Å². The Morgan fingerprint density at radius 1 is 1.00 bits per heavy atom. The molecule has 196 valence electrons. The molecule has 2 aromatic carbocycles. The molecule has 2 aromatic heterocycles. The molecule has 0 aliphatic rings. The van der Waals surface area contributed by atoms with E-state index in [-0.39, 0.29) is 10.8 Å². The molecule has 0 bridgehead atoms. The van der Waals surface area contributed by atoms with Crippen molar-refractivity contribution in [3.8, 4) is 0 Å². The van der Waals surface area contributed by atoms with Gasteiger partial charge in [-0.1, -0.05) is 44.2 Å². The molecule has 2 heterocycles. The van der Waals surface area contributed by atoms with E-state index < -0.39 is 15.3 Å². The summed E-state index contributed by atoms with van der Waals surface area (Å²) < 4.78 is 28.9. The van der Waals surface area contributed by atoms with Crippen LogP contribution in [0.15, 0.2) is 52.5 Å². The van der Waals surface area contributed by atoms with Crippen LogP contribution in [-0.2, 0) is 14.8 Å². The third-order valence-corrected chi connectivity index (χ3v) is 9.84. The van der Waals surface area contributed by atoms with Gasteiger partial charge >= 0.3 is 0 Å². The molecule has 37 heavy (non-hydrogen) atoms. The van der Waals surface area contributed by atoms with Crippen LogP contribution in [0.25, 0.3) is 16.6 Å². The summed E-state index contributed by atoms with van der Waals surface area (Å²) in [6, 6.07) is 12.6. The lowest BCUT2D eigenvalue weighted by Crippen LogP contribution is -2.30. The maximum absolute atomic E-state index is 13.2. The molecule has 1 atom stereocenters. The first-order valence-corrected chi connectivity index (χ1v) is 14.8. The van der Waals surface area contributed by atoms with Gasteiger partial charge in [0.05, 0.1) is 15.7 Å². The van der Waals surface area contributed by atoms with Crippen molar-refractivity contribution >= 4 is 49.9 Å². The van der Waals surface area contributed by atoms with Crippen LogP contribution in [0.5, 0.6) is 0 Å². The molecule has 10 heteroatoms. The number of carbonyl (C=O) groups excluding carboxylic acids is 1. The van der Waals surface area contributed by atoms with Gasteiger partial charge in [-0.25, -0.2) is 8.42 Å². The summed E-state index contributed by atoms with van der Waals surface area (Å²) >= 11 is 1.38. The van der Waals surface area contributed by atoms with Crippen LogP contribution in [0.3, 0.4) is 0 Å². The first kappa shape index (κ1) is 27.1. The minimum Gasteiger partial charge on any atom is -0.325 e. The highest BCUT2D eigenvalue weighted by Gasteiger charge is 2.24. The fourth-order valence-corrected chi connectivity index (χ4v) is 7.01. The Bertz CT molecular complexity index is 1560. The molecule has 8 nitrogen and oxygen atoms in total. The third-order valence-electron chi connectivity index (χ3n) is 6.47. The van der Waals surface area contributed by atoms with E-state index in [1.54, 1.807) is 12.1 Å². The maximum atomic E-state index is 13.2. The molecule has 0 aliphatic carbocycles. The number of amides is 1. The second-order valence-corrected chi connectivity index (χ2v) is 12.2. The van der Waals surface area contributed by atoms with E-state index >= 15 is 0 Å². The Hall–Kier alpha value is -2.95. The molecule has 0 spiro atoms. The van der Waals surface area contributed by atoms with Crippen LogP contribution in [0.2, 0.25) is 0 Å². The van der Waals surface area contributed by atoms with Gasteiger partial charge in [0.2, 0.25) is 15.9 Å². The molecular formula is C27H33N5O3S2. The average molecular weight is 540 g/mol. The number of pyridine rings is 1. The predicted molar refractivity (Wildman–Crippen MR) is 150 cm³/mol. The monoisotopic (exact) mass is 539 g/mol. The number of nitrogens with zero attached hydrogens (tertiary/aromatic N) is 4. The quantitative estimate of drug-likeness (QED) is 0.288. The van der Waals surface area contributed by atoms with Gasteiger partial charge < -0.3 is 5.32 Å². The summed E-state index contributed by atoms with van der Waals surface area (Å²) in [5.41, 5.74) is 5.79. The predicted octanol–water partition coefficient (Wildman–Crippen LogP) is 5.35. The van der Waals surface area contributed by atoms with Crippen molar-refractivity contribution in [2.75, 3.05) is 18.4 Å². The fraction of sp³-hybridized carbons (Fsp3) is 0.370. The molecule has 0 saturated heterocycles. The number of rotatable bonds is 9. The zero-order valence-electron chi connectivity index (χ0n) is 22.1. The zero-order chi connectivity index (χ0) is 26.9. The number of fused-ring (bicyclic) bond motifs is 3. The summed E-state index contributed by atoms with van der Waals surface area (Å²) in [5.74, 6) is -0.174. The topological polar surface area (TPSA) is 96.7 Å². The van der Waals surface area contributed by atoms with E-state index in [4.69, 9.17) is 0 Å². The fourth-order valence-electron chi connectivity index (χ4n) is 4.59. The maximum Gasteiger partial charge on any atom is 0.243 e. The number of nitrogens with one attached hydrogen (secondary N) is 1. The van der Waals surface area contributed by atoms with E-state index in [1.807, 2.05) is 31.2 Å². The smallest absolute Gasteiger partial charge is 0.243 e. The molecular weight excluding hydrogens is 506 g/mol. The molecule has 1 unspecified atom stereocenters. The number of hydrogen-bond donors (Lipinski definition) is 1. The van der Waals surface area contributed by atoms with Gasteiger partial charge in [0.25, 0.3) is 0 Å². The van der Waals surface area contributed by atoms with Crippen molar-refractivity contribution in [2.45, 2.75) is 63.3 Å². The lowest BCUT2D eigenvalue weighted by Gasteiger charge is -2.19. The largest absolute Gasteiger partial charge is 0.325 e. The highest BCUT2D eigenvalue weighted by Crippen LogP contribution is 2.32. The molecule has 0 fully saturated rings. The highest BCUT2D eigenvalue weighted by atomic mass is 32.2. The first-order valence-electron chi connectivity index (χ1n) is 12.4. The van der Waals surface area contributed by atoms with Gasteiger partial charge in [-0.15, -0.1) is 10.2 Å². The van der Waals surface area contributed by atoms with Gasteiger partial charge in [-0.3, -0.25) is 9.20 Å². The minimum atomic E-state index is -3.55. The normalized spacial score (nSPS) is 12.9. The standard InChI is InChI=1S/C27H33N5O3S2/c1-7-23(26(33)28-20-10-12-21(13-11-20)37(34,35)31(8-2)9-3)36-27-30-29-24-16-18(5)22-15-17(4)14-19(6)25(22)32(24)27/h10-16,23H,7-9H2,1-6H3,(H,28,33). The summed E-state index contributed by atoms with van der Waals surface area (Å²) in [4.78, 5) is 13.4. The Morgan fingerprint density at radius 2 is 1.68 bits per heavy atom. The second kappa shape index (κ2) is 10.8. The number of aryl methyl sites for hydroxylation is 3. The van der Waals surface area contributed by atoms with Crippen molar-refractivity contribution in [1.82, 2.24) is 18.9 Å². The number of aromatic nitrogens is 3. The number of carbonyl (C=O) groups is 1. The van der Waals surface area contributed by atoms with Crippen LogP contribution >= 0.6 is 11.8 Å². The number of anilines is 1. The Morgan fingerprint density at radius 3 is 2.30 bits per heavy atom. The van der Waals surface area contributed by atoms with E-state index in [0.717, 1.165) is 27.7 Å². The number of sulfonamides is 1. The van der Waals surface area contributed by atoms with E-state index in [2.05, 4.69) is 48.4 Å². The highest BCUT2D eigenvalue weighted by molar-refractivity contribution is 8.00.